The molecular weight excluding hydrogens is 451 g/mol. The minimum atomic E-state index is -3.82. The molecule has 1 aliphatic carbocycles. The maximum atomic E-state index is 12.6. The van der Waals surface area contributed by atoms with Crippen molar-refractivity contribution in [3.63, 3.8) is 0 Å². The zero-order valence-electron chi connectivity index (χ0n) is 15.9. The molecule has 0 aromatic heterocycles. The van der Waals surface area contributed by atoms with Crippen LogP contribution in [0.3, 0.4) is 0 Å². The van der Waals surface area contributed by atoms with Crippen LogP contribution < -0.4 is 19.5 Å². The Kier molecular flexibility index (Phi) is 6.11. The van der Waals surface area contributed by atoms with Crippen molar-refractivity contribution in [1.82, 2.24) is 10.0 Å². The van der Waals surface area contributed by atoms with E-state index >= 15 is 0 Å². The zero-order chi connectivity index (χ0) is 21.3. The Morgan fingerprint density at radius 1 is 1.03 bits per heavy atom. The van der Waals surface area contributed by atoms with E-state index in [2.05, 4.69) is 10.0 Å². The molecule has 0 saturated heterocycles. The van der Waals surface area contributed by atoms with Crippen LogP contribution in [-0.2, 0) is 16.4 Å². The molecule has 2 aliphatic rings. The molecule has 160 valence electrons. The van der Waals surface area contributed by atoms with Gasteiger partial charge < -0.3 is 14.8 Å². The summed E-state index contributed by atoms with van der Waals surface area (Å²) in [5.41, 5.74) is 1.03. The lowest BCUT2D eigenvalue weighted by Gasteiger charge is -2.19. The molecule has 2 aromatic carbocycles. The molecule has 1 aliphatic heterocycles. The van der Waals surface area contributed by atoms with Gasteiger partial charge in [0.15, 0.2) is 11.5 Å². The quantitative estimate of drug-likeness (QED) is 0.647. The Morgan fingerprint density at radius 2 is 1.77 bits per heavy atom. The van der Waals surface area contributed by atoms with Crippen LogP contribution in [0, 0.1) is 0 Å². The van der Waals surface area contributed by atoms with Gasteiger partial charge in [0.05, 0.1) is 15.6 Å². The smallest absolute Gasteiger partial charge is 0.252 e. The van der Waals surface area contributed by atoms with E-state index in [4.69, 9.17) is 32.7 Å². The van der Waals surface area contributed by atoms with Crippen molar-refractivity contribution < 1.29 is 22.7 Å². The summed E-state index contributed by atoms with van der Waals surface area (Å²) in [6.07, 6.45) is 2.14. The molecule has 30 heavy (non-hydrogen) atoms. The topological polar surface area (TPSA) is 93.7 Å². The molecule has 0 bridgehead atoms. The van der Waals surface area contributed by atoms with E-state index in [0.717, 1.165) is 18.4 Å². The Hall–Kier alpha value is -2.00. The highest BCUT2D eigenvalue weighted by atomic mass is 35.5. The molecule has 0 radical (unpaired) electrons. The predicted octanol–water partition coefficient (Wildman–Crippen LogP) is 3.18. The number of rotatable bonds is 7. The van der Waals surface area contributed by atoms with Crippen molar-refractivity contribution in [2.24, 2.45) is 0 Å². The van der Waals surface area contributed by atoms with Crippen molar-refractivity contribution >= 4 is 39.1 Å². The maximum Gasteiger partial charge on any atom is 0.252 e. The predicted molar refractivity (Wildman–Crippen MR) is 113 cm³/mol. The number of hydrogen-bond acceptors (Lipinski definition) is 5. The van der Waals surface area contributed by atoms with Gasteiger partial charge in [0.1, 0.15) is 18.1 Å². The van der Waals surface area contributed by atoms with E-state index < -0.39 is 15.9 Å². The highest BCUT2D eigenvalue weighted by Gasteiger charge is 2.30. The van der Waals surface area contributed by atoms with Gasteiger partial charge in [-0.3, -0.25) is 4.79 Å². The lowest BCUT2D eigenvalue weighted by atomic mass is 10.1. The molecule has 1 saturated carbocycles. The molecule has 1 fully saturated rings. The lowest BCUT2D eigenvalue weighted by molar-refractivity contribution is 0.0954. The monoisotopic (exact) mass is 470 g/mol. The minimum Gasteiger partial charge on any atom is -0.486 e. The van der Waals surface area contributed by atoms with Gasteiger partial charge in [-0.2, -0.15) is 0 Å². The van der Waals surface area contributed by atoms with Crippen LogP contribution in [0.1, 0.15) is 28.8 Å². The number of carbonyl (C=O) groups is 1. The molecule has 0 unspecified atom stereocenters. The second-order valence-electron chi connectivity index (χ2n) is 7.14. The number of ether oxygens (including phenoxy) is 2. The summed E-state index contributed by atoms with van der Waals surface area (Å²) in [7, 11) is -3.82. The van der Waals surface area contributed by atoms with Crippen LogP contribution in [0.5, 0.6) is 11.5 Å². The Morgan fingerprint density at radius 3 is 2.50 bits per heavy atom. The number of nitrogens with one attached hydrogen (secondary N) is 2. The molecule has 7 nitrogen and oxygen atoms in total. The normalized spacial score (nSPS) is 15.7. The Balaban J connectivity index is 1.43. The number of carbonyl (C=O) groups excluding carboxylic acids is 1. The van der Waals surface area contributed by atoms with Gasteiger partial charge in [0.2, 0.25) is 10.0 Å². The van der Waals surface area contributed by atoms with Crippen LogP contribution in [-0.4, -0.2) is 40.1 Å². The zero-order valence-corrected chi connectivity index (χ0v) is 18.2. The number of sulfonamides is 1. The van der Waals surface area contributed by atoms with E-state index in [-0.39, 0.29) is 26.5 Å². The van der Waals surface area contributed by atoms with Crippen LogP contribution >= 0.6 is 23.2 Å². The first kappa shape index (κ1) is 21.2. The maximum absolute atomic E-state index is 12.6. The largest absolute Gasteiger partial charge is 0.486 e. The third-order valence-corrected chi connectivity index (χ3v) is 7.06. The highest BCUT2D eigenvalue weighted by Crippen LogP contribution is 2.32. The number of fused-ring (bicyclic) bond motifs is 1. The second kappa shape index (κ2) is 8.63. The fraction of sp³-hybridized carbons (Fsp3) is 0.350. The molecule has 0 spiro atoms. The summed E-state index contributed by atoms with van der Waals surface area (Å²) in [6.45, 7) is 1.36. The van der Waals surface area contributed by atoms with E-state index in [1.54, 1.807) is 0 Å². The van der Waals surface area contributed by atoms with Gasteiger partial charge in [0.25, 0.3) is 5.91 Å². The van der Waals surface area contributed by atoms with Crippen LogP contribution in [0.4, 0.5) is 0 Å². The molecule has 10 heteroatoms. The van der Waals surface area contributed by atoms with Crippen molar-refractivity contribution in [1.29, 1.82) is 0 Å². The minimum absolute atomic E-state index is 0.0269. The lowest BCUT2D eigenvalue weighted by Crippen LogP contribution is -2.28. The first-order valence-corrected chi connectivity index (χ1v) is 11.8. The summed E-state index contributed by atoms with van der Waals surface area (Å²) in [4.78, 5) is 12.5. The van der Waals surface area contributed by atoms with E-state index in [1.807, 2.05) is 18.2 Å². The van der Waals surface area contributed by atoms with Gasteiger partial charge >= 0.3 is 0 Å². The average molecular weight is 471 g/mol. The van der Waals surface area contributed by atoms with Gasteiger partial charge in [-0.1, -0.05) is 29.3 Å². The van der Waals surface area contributed by atoms with Crippen LogP contribution in [0.15, 0.2) is 35.2 Å². The molecule has 1 heterocycles. The first-order valence-electron chi connectivity index (χ1n) is 9.51. The molecule has 4 rings (SSSR count). The summed E-state index contributed by atoms with van der Waals surface area (Å²) in [5.74, 6) is 0.913. The van der Waals surface area contributed by atoms with Gasteiger partial charge in [-0.05, 0) is 49.1 Å². The standard InChI is InChI=1S/C20H20Cl2N2O5S/c21-15-11-16(22)19(30(26,27)24-13-2-3-13)10-14(15)20(25)23-6-5-12-1-4-17-18(9-12)29-8-7-28-17/h1,4,9-11,13,24H,2-3,5-8H2,(H,23,25). The first-order chi connectivity index (χ1) is 14.3. The second-order valence-corrected chi connectivity index (χ2v) is 9.64. The fourth-order valence-corrected chi connectivity index (χ4v) is 5.22. The van der Waals surface area contributed by atoms with E-state index in [9.17, 15) is 13.2 Å². The van der Waals surface area contributed by atoms with Gasteiger partial charge in [0, 0.05) is 12.6 Å². The van der Waals surface area contributed by atoms with Crippen LogP contribution in [0.2, 0.25) is 10.0 Å². The van der Waals surface area contributed by atoms with Gasteiger partial charge in [-0.25, -0.2) is 13.1 Å². The number of hydrogen-bond donors (Lipinski definition) is 2. The highest BCUT2D eigenvalue weighted by molar-refractivity contribution is 7.89. The average Bonchev–Trinajstić information content (AvgIpc) is 3.51. The van der Waals surface area contributed by atoms with Crippen molar-refractivity contribution in [3.8, 4) is 11.5 Å². The van der Waals surface area contributed by atoms with Crippen LogP contribution in [0.25, 0.3) is 0 Å². The number of benzene rings is 2. The molecule has 0 atom stereocenters. The van der Waals surface area contributed by atoms with Crippen molar-refractivity contribution in [3.05, 3.63) is 51.5 Å². The SMILES string of the molecule is O=C(NCCc1ccc2c(c1)OCCO2)c1cc(S(=O)(=O)NC2CC2)c(Cl)cc1Cl. The summed E-state index contributed by atoms with van der Waals surface area (Å²) in [6, 6.07) is 8.04. The Labute approximate surface area is 184 Å². The van der Waals surface area contributed by atoms with Crippen molar-refractivity contribution in [2.45, 2.75) is 30.2 Å². The van der Waals surface area contributed by atoms with E-state index in [0.29, 0.717) is 37.7 Å². The summed E-state index contributed by atoms with van der Waals surface area (Å²) < 4.78 is 38.6. The number of amides is 1. The molecule has 2 aromatic rings. The fourth-order valence-electron chi connectivity index (χ4n) is 3.05. The van der Waals surface area contributed by atoms with E-state index in [1.165, 1.54) is 12.1 Å². The molecular formula is C20H20Cl2N2O5S. The third kappa shape index (κ3) is 4.83. The summed E-state index contributed by atoms with van der Waals surface area (Å²) >= 11 is 12.2. The molecule has 2 N–H and O–H groups in total. The van der Waals surface area contributed by atoms with Gasteiger partial charge in [-0.15, -0.1) is 0 Å². The number of halogens is 2. The summed E-state index contributed by atoms with van der Waals surface area (Å²) in [5, 5.41) is 2.82. The molecule has 1 amide bonds. The van der Waals surface area contributed by atoms with Crippen molar-refractivity contribution in [2.75, 3.05) is 19.8 Å². The Bertz CT molecular complexity index is 1090. The third-order valence-electron chi connectivity index (χ3n) is 4.76.